The van der Waals surface area contributed by atoms with E-state index in [9.17, 15) is 10.1 Å². The Kier molecular flexibility index (Phi) is 4.59. The van der Waals surface area contributed by atoms with Gasteiger partial charge in [-0.25, -0.2) is 0 Å². The molecule has 0 saturated carbocycles. The van der Waals surface area contributed by atoms with Gasteiger partial charge in [-0.1, -0.05) is 0 Å². The second kappa shape index (κ2) is 6.41. The maximum Gasteiger partial charge on any atom is 0.278 e. The highest BCUT2D eigenvalue weighted by molar-refractivity contribution is 5.47. The summed E-state index contributed by atoms with van der Waals surface area (Å²) in [6.45, 7) is 5.96. The van der Waals surface area contributed by atoms with Gasteiger partial charge in [0.1, 0.15) is 0 Å². The summed E-state index contributed by atoms with van der Waals surface area (Å²) >= 11 is 0. The molecule has 2 aromatic rings. The van der Waals surface area contributed by atoms with Crippen molar-refractivity contribution in [3.8, 4) is 0 Å². The van der Waals surface area contributed by atoms with E-state index in [1.54, 1.807) is 32.4 Å². The summed E-state index contributed by atoms with van der Waals surface area (Å²) in [5.41, 5.74) is 3.17. The smallest absolute Gasteiger partial charge is 0.278 e. The normalized spacial score (nSPS) is 12.1. The van der Waals surface area contributed by atoms with Crippen molar-refractivity contribution in [2.75, 3.05) is 0 Å². The fourth-order valence-electron chi connectivity index (χ4n) is 2.24. The van der Waals surface area contributed by atoms with E-state index in [1.165, 1.54) is 0 Å². The number of nitrogens with one attached hydrogen (secondary N) is 1. The Hall–Kier alpha value is -2.34. The summed E-state index contributed by atoms with van der Waals surface area (Å²) in [7, 11) is 0. The average Bonchev–Trinajstić information content (AvgIpc) is 2.46. The molecule has 1 unspecified atom stereocenters. The van der Waals surface area contributed by atoms with Crippen molar-refractivity contribution in [2.24, 2.45) is 0 Å². The van der Waals surface area contributed by atoms with E-state index in [-0.39, 0.29) is 16.7 Å². The van der Waals surface area contributed by atoms with Crippen LogP contribution in [0.15, 0.2) is 30.7 Å². The first-order valence-electron chi connectivity index (χ1n) is 6.73. The van der Waals surface area contributed by atoms with Crippen molar-refractivity contribution in [1.82, 2.24) is 15.3 Å². The molecule has 21 heavy (non-hydrogen) atoms. The minimum absolute atomic E-state index is 0.120. The maximum absolute atomic E-state index is 11.1. The molecule has 6 heteroatoms. The zero-order chi connectivity index (χ0) is 15.4. The Morgan fingerprint density at radius 3 is 2.62 bits per heavy atom. The molecule has 0 amide bonds. The molecule has 0 fully saturated rings. The van der Waals surface area contributed by atoms with Gasteiger partial charge in [-0.05, 0) is 38.5 Å². The van der Waals surface area contributed by atoms with E-state index in [4.69, 9.17) is 0 Å². The Morgan fingerprint density at radius 2 is 2.00 bits per heavy atom. The molecular formula is C15H18N4O2. The Balaban J connectivity index is 2.14. The molecule has 6 nitrogen and oxygen atoms in total. The quantitative estimate of drug-likeness (QED) is 0.675. The van der Waals surface area contributed by atoms with Gasteiger partial charge in [-0.3, -0.25) is 20.1 Å². The fourth-order valence-corrected chi connectivity index (χ4v) is 2.24. The number of hydrogen-bond acceptors (Lipinski definition) is 5. The molecule has 0 radical (unpaired) electrons. The summed E-state index contributed by atoms with van der Waals surface area (Å²) in [5.74, 6) is 0. The van der Waals surface area contributed by atoms with Crippen molar-refractivity contribution in [3.63, 3.8) is 0 Å². The Labute approximate surface area is 123 Å². The highest BCUT2D eigenvalue weighted by Gasteiger charge is 2.18. The first kappa shape index (κ1) is 15.1. The molecule has 0 saturated heterocycles. The lowest BCUT2D eigenvalue weighted by Crippen LogP contribution is -2.20. The van der Waals surface area contributed by atoms with Crippen molar-refractivity contribution in [1.29, 1.82) is 0 Å². The van der Waals surface area contributed by atoms with E-state index in [0.717, 1.165) is 5.56 Å². The number of nitrogens with zero attached hydrogens (tertiary/aromatic N) is 3. The minimum Gasteiger partial charge on any atom is -0.305 e. The summed E-state index contributed by atoms with van der Waals surface area (Å²) in [6, 6.07) is 4.00. The van der Waals surface area contributed by atoms with Crippen LogP contribution in [0.4, 0.5) is 5.69 Å². The van der Waals surface area contributed by atoms with Crippen LogP contribution >= 0.6 is 0 Å². The third-order valence-corrected chi connectivity index (χ3v) is 3.54. The number of nitro groups is 1. The summed E-state index contributed by atoms with van der Waals surface area (Å²) in [6.07, 6.45) is 5.04. The lowest BCUT2D eigenvalue weighted by molar-refractivity contribution is -0.386. The number of aromatic nitrogens is 2. The first-order chi connectivity index (χ1) is 10.0. The Bertz CT molecular complexity index is 644. The molecule has 2 aromatic heterocycles. The molecule has 110 valence electrons. The topological polar surface area (TPSA) is 81.0 Å². The molecule has 1 atom stereocenters. The number of rotatable bonds is 5. The highest BCUT2D eigenvalue weighted by atomic mass is 16.6. The number of aryl methyl sites for hydroxylation is 1. The van der Waals surface area contributed by atoms with Crippen LogP contribution in [-0.4, -0.2) is 14.9 Å². The molecule has 0 aliphatic heterocycles. The predicted octanol–water partition coefficient (Wildman–Crippen LogP) is 2.85. The van der Waals surface area contributed by atoms with Gasteiger partial charge in [0.25, 0.3) is 5.69 Å². The predicted molar refractivity (Wildman–Crippen MR) is 79.9 cm³/mol. The number of pyridine rings is 2. The van der Waals surface area contributed by atoms with Gasteiger partial charge in [0.15, 0.2) is 0 Å². The van der Waals surface area contributed by atoms with Crippen molar-refractivity contribution < 1.29 is 4.92 Å². The summed E-state index contributed by atoms with van der Waals surface area (Å²) < 4.78 is 0. The van der Waals surface area contributed by atoms with Crippen molar-refractivity contribution in [3.05, 3.63) is 63.2 Å². The van der Waals surface area contributed by atoms with Gasteiger partial charge in [0.2, 0.25) is 0 Å². The van der Waals surface area contributed by atoms with Gasteiger partial charge in [0.05, 0.1) is 10.6 Å². The van der Waals surface area contributed by atoms with E-state index in [0.29, 0.717) is 23.4 Å². The van der Waals surface area contributed by atoms with Crippen LogP contribution in [0.5, 0.6) is 0 Å². The minimum atomic E-state index is -0.345. The molecule has 0 aliphatic rings. The van der Waals surface area contributed by atoms with Gasteiger partial charge in [-0.15, -0.1) is 0 Å². The third kappa shape index (κ3) is 3.41. The summed E-state index contributed by atoms with van der Waals surface area (Å²) in [4.78, 5) is 19.1. The highest BCUT2D eigenvalue weighted by Crippen LogP contribution is 2.24. The molecule has 2 heterocycles. The molecule has 0 spiro atoms. The van der Waals surface area contributed by atoms with Crippen molar-refractivity contribution in [2.45, 2.75) is 33.4 Å². The van der Waals surface area contributed by atoms with Crippen molar-refractivity contribution >= 4 is 5.69 Å². The van der Waals surface area contributed by atoms with E-state index in [1.807, 2.05) is 19.1 Å². The Morgan fingerprint density at radius 1 is 1.33 bits per heavy atom. The number of hydrogen-bond donors (Lipinski definition) is 1. The standard InChI is InChI=1S/C15H18N4O2/c1-10-8-18-14(11(2)15(10)19(20)21)9-17-12(3)13-4-6-16-7-5-13/h4-8,12,17H,9H2,1-3H3. The van der Waals surface area contributed by atoms with Crippen LogP contribution in [-0.2, 0) is 6.54 Å². The molecule has 0 aromatic carbocycles. The van der Waals surface area contributed by atoms with Crippen LogP contribution in [0.2, 0.25) is 0 Å². The lowest BCUT2D eigenvalue weighted by Gasteiger charge is -2.15. The lowest BCUT2D eigenvalue weighted by atomic mass is 10.1. The molecular weight excluding hydrogens is 268 g/mol. The van der Waals surface area contributed by atoms with Crippen LogP contribution in [0.25, 0.3) is 0 Å². The van der Waals surface area contributed by atoms with Gasteiger partial charge >= 0.3 is 0 Å². The molecule has 0 aliphatic carbocycles. The van der Waals surface area contributed by atoms with Gasteiger partial charge in [0, 0.05) is 42.3 Å². The van der Waals surface area contributed by atoms with Gasteiger partial charge < -0.3 is 5.32 Å². The second-order valence-electron chi connectivity index (χ2n) is 5.00. The monoisotopic (exact) mass is 286 g/mol. The first-order valence-corrected chi connectivity index (χ1v) is 6.73. The SMILES string of the molecule is Cc1cnc(CNC(C)c2ccncc2)c(C)c1[N+](=O)[O-]. The molecule has 0 bridgehead atoms. The molecule has 1 N–H and O–H groups in total. The largest absolute Gasteiger partial charge is 0.305 e. The van der Waals surface area contributed by atoms with E-state index in [2.05, 4.69) is 15.3 Å². The zero-order valence-corrected chi connectivity index (χ0v) is 12.3. The van der Waals surface area contributed by atoms with Gasteiger partial charge in [-0.2, -0.15) is 0 Å². The van der Waals surface area contributed by atoms with E-state index >= 15 is 0 Å². The van der Waals surface area contributed by atoms with Crippen LogP contribution in [0.3, 0.4) is 0 Å². The second-order valence-corrected chi connectivity index (χ2v) is 5.00. The van der Waals surface area contributed by atoms with Crippen LogP contribution in [0, 0.1) is 24.0 Å². The molecule has 2 rings (SSSR count). The maximum atomic E-state index is 11.1. The fraction of sp³-hybridized carbons (Fsp3) is 0.333. The van der Waals surface area contributed by atoms with Crippen LogP contribution in [0.1, 0.15) is 35.3 Å². The van der Waals surface area contributed by atoms with E-state index < -0.39 is 0 Å². The zero-order valence-electron chi connectivity index (χ0n) is 12.3. The van der Waals surface area contributed by atoms with Crippen LogP contribution < -0.4 is 5.32 Å². The average molecular weight is 286 g/mol. The summed E-state index contributed by atoms with van der Waals surface area (Å²) in [5, 5.41) is 14.4. The third-order valence-electron chi connectivity index (χ3n) is 3.54.